The van der Waals surface area contributed by atoms with Gasteiger partial charge in [-0.25, -0.2) is 9.59 Å². The summed E-state index contributed by atoms with van der Waals surface area (Å²) in [5.41, 5.74) is -1.07. The van der Waals surface area contributed by atoms with Crippen LogP contribution in [0.1, 0.15) is 78.4 Å². The lowest BCUT2D eigenvalue weighted by Gasteiger charge is -2.43. The number of carbonyl (C=O) groups is 6. The molecular weight excluding hydrogens is 624 g/mol. The molecule has 6 atom stereocenters. The Morgan fingerprint density at radius 3 is 2.33 bits per heavy atom. The number of nitrogens with zero attached hydrogens (tertiary/aromatic N) is 2. The fraction of sp³-hybridized carbons (Fsp3) is 0.647. The van der Waals surface area contributed by atoms with Crippen molar-refractivity contribution >= 4 is 35.8 Å². The fourth-order valence-corrected chi connectivity index (χ4v) is 6.44. The van der Waals surface area contributed by atoms with E-state index in [0.717, 1.165) is 5.56 Å². The number of nitrogens with one attached hydrogen (secondary N) is 2. The van der Waals surface area contributed by atoms with Gasteiger partial charge in [-0.2, -0.15) is 0 Å². The van der Waals surface area contributed by atoms with Crippen molar-refractivity contribution in [2.24, 2.45) is 0 Å². The minimum atomic E-state index is -1.80. The maximum Gasteiger partial charge on any atom is 0.408 e. The van der Waals surface area contributed by atoms with E-state index in [9.17, 15) is 33.9 Å². The van der Waals surface area contributed by atoms with Gasteiger partial charge in [-0.05, 0) is 59.4 Å². The van der Waals surface area contributed by atoms with Crippen molar-refractivity contribution in [3.63, 3.8) is 0 Å². The van der Waals surface area contributed by atoms with Gasteiger partial charge in [-0.3, -0.25) is 19.2 Å². The van der Waals surface area contributed by atoms with Gasteiger partial charge in [0.1, 0.15) is 29.8 Å². The summed E-state index contributed by atoms with van der Waals surface area (Å²) in [6.45, 7) is 11.3. The minimum Gasteiger partial charge on any atom is -0.467 e. The third kappa shape index (κ3) is 8.82. The average molecular weight is 675 g/mol. The Labute approximate surface area is 281 Å². The van der Waals surface area contributed by atoms with Crippen LogP contribution in [0.4, 0.5) is 4.79 Å². The van der Waals surface area contributed by atoms with Crippen LogP contribution >= 0.6 is 0 Å². The number of carbonyl (C=O) groups excluding carboxylic acids is 6. The highest BCUT2D eigenvalue weighted by molar-refractivity contribution is 5.98. The highest BCUT2D eigenvalue weighted by Crippen LogP contribution is 2.38. The van der Waals surface area contributed by atoms with E-state index in [4.69, 9.17) is 14.2 Å². The lowest BCUT2D eigenvalue weighted by atomic mass is 9.83. The Balaban J connectivity index is 2.07. The first-order chi connectivity index (χ1) is 22.4. The number of esters is 2. The molecule has 2 aliphatic rings. The second-order valence-electron chi connectivity index (χ2n) is 13.5. The molecule has 1 aromatic rings. The summed E-state index contributed by atoms with van der Waals surface area (Å²) in [7, 11) is 1.20. The van der Waals surface area contributed by atoms with E-state index in [1.165, 1.54) is 30.8 Å². The van der Waals surface area contributed by atoms with Crippen LogP contribution in [0, 0.1) is 6.92 Å². The van der Waals surface area contributed by atoms with Crippen LogP contribution in [-0.4, -0.2) is 112 Å². The molecule has 3 rings (SSSR count). The average Bonchev–Trinajstić information content (AvgIpc) is 3.62. The molecule has 0 radical (unpaired) electrons. The van der Waals surface area contributed by atoms with E-state index in [2.05, 4.69) is 10.6 Å². The molecule has 0 aromatic heterocycles. The van der Waals surface area contributed by atoms with Crippen molar-refractivity contribution in [2.75, 3.05) is 20.2 Å². The number of hydrogen-bond donors (Lipinski definition) is 3. The maximum atomic E-state index is 14.7. The number of aliphatic hydroxyl groups excluding tert-OH is 1. The summed E-state index contributed by atoms with van der Waals surface area (Å²) in [5, 5.41) is 15.7. The summed E-state index contributed by atoms with van der Waals surface area (Å²) < 4.78 is 15.9. The third-order valence-electron chi connectivity index (χ3n) is 8.59. The van der Waals surface area contributed by atoms with Gasteiger partial charge >= 0.3 is 18.0 Å². The molecule has 2 fully saturated rings. The molecule has 2 heterocycles. The van der Waals surface area contributed by atoms with Gasteiger partial charge in [0.15, 0.2) is 5.54 Å². The summed E-state index contributed by atoms with van der Waals surface area (Å²) in [6.07, 6.45) is -2.36. The van der Waals surface area contributed by atoms with Crippen LogP contribution in [0.2, 0.25) is 0 Å². The summed E-state index contributed by atoms with van der Waals surface area (Å²) in [4.78, 5) is 83.3. The molecule has 2 saturated heterocycles. The predicted octanol–water partition coefficient (Wildman–Crippen LogP) is 1.77. The normalized spacial score (nSPS) is 22.7. The van der Waals surface area contributed by atoms with Gasteiger partial charge in [0.25, 0.3) is 5.91 Å². The first-order valence-corrected chi connectivity index (χ1v) is 16.4. The van der Waals surface area contributed by atoms with Crippen LogP contribution in [0.25, 0.3) is 0 Å². The number of amides is 4. The number of likely N-dealkylation sites (tertiary alicyclic amines) is 2. The van der Waals surface area contributed by atoms with Gasteiger partial charge in [-0.15, -0.1) is 0 Å². The largest absolute Gasteiger partial charge is 0.467 e. The van der Waals surface area contributed by atoms with Gasteiger partial charge in [0.05, 0.1) is 13.2 Å². The topological polar surface area (TPSA) is 181 Å². The van der Waals surface area contributed by atoms with Crippen LogP contribution in [-0.2, 0) is 44.6 Å². The standard InChI is InChI=1S/C34H50N4O10/c1-9-24(30(43)46-8)35-31(44)34(19-23-13-10-12-20(2)18-23)26(47-22(4)40)15-17-38(34)28(41)25-14-11-16-37(25)29(42)27(21(3)39)36-32(45)48-33(5,6)7/h10,12-13,18,21,24-27,39H,9,11,14-17,19H2,1-8H3,(H,35,44)(H,36,45)/t21-,24-,25+,26-,27+,34-/m1/s1. The van der Waals surface area contributed by atoms with Crippen molar-refractivity contribution in [3.05, 3.63) is 35.4 Å². The third-order valence-corrected chi connectivity index (χ3v) is 8.59. The minimum absolute atomic E-state index is 0.0134. The van der Waals surface area contributed by atoms with Crippen molar-refractivity contribution < 1.29 is 48.1 Å². The first-order valence-electron chi connectivity index (χ1n) is 16.4. The molecule has 14 nitrogen and oxygen atoms in total. The monoisotopic (exact) mass is 674 g/mol. The number of methoxy groups -OCH3 is 1. The Morgan fingerprint density at radius 2 is 1.77 bits per heavy atom. The van der Waals surface area contributed by atoms with Crippen molar-refractivity contribution in [1.82, 2.24) is 20.4 Å². The molecule has 0 saturated carbocycles. The van der Waals surface area contributed by atoms with Crippen LogP contribution in [0.5, 0.6) is 0 Å². The molecule has 48 heavy (non-hydrogen) atoms. The second-order valence-corrected chi connectivity index (χ2v) is 13.5. The highest BCUT2D eigenvalue weighted by atomic mass is 16.6. The van der Waals surface area contributed by atoms with Gasteiger partial charge in [0.2, 0.25) is 11.8 Å². The molecule has 3 N–H and O–H groups in total. The van der Waals surface area contributed by atoms with Gasteiger partial charge < -0.3 is 39.8 Å². The second kappa shape index (κ2) is 15.8. The Morgan fingerprint density at radius 1 is 1.08 bits per heavy atom. The number of benzene rings is 1. The molecule has 2 aliphatic heterocycles. The van der Waals surface area contributed by atoms with Crippen LogP contribution < -0.4 is 10.6 Å². The molecular formula is C34H50N4O10. The number of rotatable bonds is 11. The van der Waals surface area contributed by atoms with E-state index >= 15 is 0 Å². The fourth-order valence-electron chi connectivity index (χ4n) is 6.44. The zero-order chi connectivity index (χ0) is 36.0. The zero-order valence-electron chi connectivity index (χ0n) is 29.2. The highest BCUT2D eigenvalue weighted by Gasteiger charge is 2.60. The lowest BCUT2D eigenvalue weighted by molar-refractivity contribution is -0.164. The summed E-state index contributed by atoms with van der Waals surface area (Å²) in [5.74, 6) is -3.28. The molecule has 1 aromatic carbocycles. The van der Waals surface area contributed by atoms with E-state index in [0.29, 0.717) is 12.0 Å². The molecule has 0 spiro atoms. The maximum absolute atomic E-state index is 14.7. The van der Waals surface area contributed by atoms with Crippen molar-refractivity contribution in [3.8, 4) is 0 Å². The number of alkyl carbamates (subject to hydrolysis) is 1. The molecule has 4 amide bonds. The number of aryl methyl sites for hydroxylation is 1. The van der Waals surface area contributed by atoms with Gasteiger partial charge in [-0.1, -0.05) is 36.8 Å². The number of hydrogen-bond acceptors (Lipinski definition) is 10. The Bertz CT molecular complexity index is 1380. The lowest BCUT2D eigenvalue weighted by Crippen LogP contribution is -2.68. The zero-order valence-corrected chi connectivity index (χ0v) is 29.2. The van der Waals surface area contributed by atoms with Gasteiger partial charge in [0, 0.05) is 32.9 Å². The predicted molar refractivity (Wildman–Crippen MR) is 173 cm³/mol. The van der Waals surface area contributed by atoms with E-state index in [1.54, 1.807) is 33.8 Å². The number of aliphatic hydroxyl groups is 1. The summed E-state index contributed by atoms with van der Waals surface area (Å²) in [6, 6.07) is 3.85. The quantitative estimate of drug-likeness (QED) is 0.231. The van der Waals surface area contributed by atoms with E-state index < -0.39 is 77.2 Å². The number of ether oxygens (including phenoxy) is 3. The first kappa shape index (κ1) is 38.2. The smallest absolute Gasteiger partial charge is 0.408 e. The van der Waals surface area contributed by atoms with Crippen molar-refractivity contribution in [2.45, 2.75) is 122 Å². The summed E-state index contributed by atoms with van der Waals surface area (Å²) >= 11 is 0. The van der Waals surface area contributed by atoms with Crippen LogP contribution in [0.15, 0.2) is 24.3 Å². The van der Waals surface area contributed by atoms with Crippen LogP contribution in [0.3, 0.4) is 0 Å². The molecule has 0 bridgehead atoms. The van der Waals surface area contributed by atoms with E-state index in [1.807, 2.05) is 25.1 Å². The molecule has 14 heteroatoms. The van der Waals surface area contributed by atoms with E-state index in [-0.39, 0.29) is 38.8 Å². The Kier molecular flexibility index (Phi) is 12.6. The van der Waals surface area contributed by atoms with Crippen molar-refractivity contribution in [1.29, 1.82) is 0 Å². The molecule has 0 aliphatic carbocycles. The molecule has 266 valence electrons. The molecule has 0 unspecified atom stereocenters. The Hall–Kier alpha value is -4.20. The SMILES string of the molecule is CC[C@@H](NC(=O)[C@@]1(Cc2cccc(C)c2)[C@H](OC(C)=O)CCN1C(=O)[C@@H]1CCCN1C(=O)[C@@H](NC(=O)OC(C)(C)C)[C@@H](C)O)C(=O)OC.